The highest BCUT2D eigenvalue weighted by molar-refractivity contribution is 9.10. The van der Waals surface area contributed by atoms with E-state index in [-0.39, 0.29) is 0 Å². The van der Waals surface area contributed by atoms with Gasteiger partial charge in [-0.3, -0.25) is 0 Å². The molecule has 0 aromatic heterocycles. The van der Waals surface area contributed by atoms with Crippen molar-refractivity contribution in [3.05, 3.63) is 28.2 Å². The number of benzene rings is 1. The Hall–Kier alpha value is -0.540. The summed E-state index contributed by atoms with van der Waals surface area (Å²) in [6.45, 7) is 3.28. The van der Waals surface area contributed by atoms with Crippen molar-refractivity contribution < 1.29 is 0 Å². The molecule has 2 unspecified atom stereocenters. The number of nitrogens with one attached hydrogen (secondary N) is 1. The summed E-state index contributed by atoms with van der Waals surface area (Å²) in [6.07, 6.45) is 6.72. The van der Waals surface area contributed by atoms with Gasteiger partial charge < -0.3 is 11.1 Å². The number of hydrogen-bond acceptors (Lipinski definition) is 2. The number of hydrogen-bond donors (Lipinski definition) is 2. The van der Waals surface area contributed by atoms with E-state index in [1.54, 1.807) is 0 Å². The Morgan fingerprint density at radius 1 is 1.28 bits per heavy atom. The van der Waals surface area contributed by atoms with Crippen LogP contribution >= 0.6 is 15.9 Å². The standard InChI is InChI=1S/C15H23BrN2/c1-11-3-2-4-14(7-5-11)18-10-12-9-13(17)6-8-15(12)16/h6,8-9,11,14,18H,2-5,7,10,17H2,1H3. The zero-order valence-corrected chi connectivity index (χ0v) is 12.7. The van der Waals surface area contributed by atoms with Crippen LogP contribution in [0.4, 0.5) is 5.69 Å². The summed E-state index contributed by atoms with van der Waals surface area (Å²) in [5.74, 6) is 0.899. The van der Waals surface area contributed by atoms with Gasteiger partial charge in [0.15, 0.2) is 0 Å². The van der Waals surface area contributed by atoms with Gasteiger partial charge in [-0.05, 0) is 48.9 Å². The van der Waals surface area contributed by atoms with Crippen molar-refractivity contribution in [2.75, 3.05) is 5.73 Å². The van der Waals surface area contributed by atoms with Gasteiger partial charge in [-0.25, -0.2) is 0 Å². The molecule has 2 nitrogen and oxygen atoms in total. The van der Waals surface area contributed by atoms with E-state index in [1.807, 2.05) is 12.1 Å². The van der Waals surface area contributed by atoms with E-state index in [1.165, 1.54) is 37.7 Å². The summed E-state index contributed by atoms with van der Waals surface area (Å²) >= 11 is 3.58. The number of rotatable bonds is 3. The van der Waals surface area contributed by atoms with Crippen LogP contribution in [0.5, 0.6) is 0 Å². The van der Waals surface area contributed by atoms with E-state index in [4.69, 9.17) is 5.73 Å². The third kappa shape index (κ3) is 3.99. The number of nitrogen functional groups attached to an aromatic ring is 1. The zero-order chi connectivity index (χ0) is 13.0. The molecule has 0 bridgehead atoms. The third-order valence-corrected chi connectivity index (χ3v) is 4.68. The molecule has 100 valence electrons. The minimum Gasteiger partial charge on any atom is -0.399 e. The molecule has 18 heavy (non-hydrogen) atoms. The van der Waals surface area contributed by atoms with Crippen LogP contribution in [-0.2, 0) is 6.54 Å². The molecule has 1 fully saturated rings. The molecule has 0 radical (unpaired) electrons. The molecule has 0 spiro atoms. The van der Waals surface area contributed by atoms with Crippen molar-refractivity contribution in [1.29, 1.82) is 0 Å². The van der Waals surface area contributed by atoms with E-state index < -0.39 is 0 Å². The lowest BCUT2D eigenvalue weighted by Gasteiger charge is -2.17. The summed E-state index contributed by atoms with van der Waals surface area (Å²) < 4.78 is 1.14. The van der Waals surface area contributed by atoms with E-state index in [9.17, 15) is 0 Å². The maximum atomic E-state index is 5.83. The third-order valence-electron chi connectivity index (χ3n) is 3.91. The van der Waals surface area contributed by atoms with Gasteiger partial charge in [-0.15, -0.1) is 0 Å². The van der Waals surface area contributed by atoms with Gasteiger partial charge >= 0.3 is 0 Å². The van der Waals surface area contributed by atoms with Crippen LogP contribution in [-0.4, -0.2) is 6.04 Å². The van der Waals surface area contributed by atoms with Crippen LogP contribution in [0.2, 0.25) is 0 Å². The van der Waals surface area contributed by atoms with Crippen molar-refractivity contribution in [1.82, 2.24) is 5.32 Å². The monoisotopic (exact) mass is 310 g/mol. The van der Waals surface area contributed by atoms with Crippen LogP contribution in [0.3, 0.4) is 0 Å². The average molecular weight is 311 g/mol. The van der Waals surface area contributed by atoms with Crippen molar-refractivity contribution >= 4 is 21.6 Å². The molecule has 1 aromatic carbocycles. The lowest BCUT2D eigenvalue weighted by molar-refractivity contribution is 0.447. The molecule has 2 rings (SSSR count). The summed E-state index contributed by atoms with van der Waals surface area (Å²) in [4.78, 5) is 0. The van der Waals surface area contributed by atoms with Crippen LogP contribution in [0.25, 0.3) is 0 Å². The molecule has 3 heteroatoms. The molecule has 1 aromatic rings. The van der Waals surface area contributed by atoms with Gasteiger partial charge in [-0.2, -0.15) is 0 Å². The Labute approximate surface area is 118 Å². The van der Waals surface area contributed by atoms with Gasteiger partial charge in [0.25, 0.3) is 0 Å². The molecule has 0 aliphatic heterocycles. The first-order valence-electron chi connectivity index (χ1n) is 6.92. The Morgan fingerprint density at radius 2 is 2.11 bits per heavy atom. The van der Waals surface area contributed by atoms with E-state index in [2.05, 4.69) is 34.2 Å². The molecule has 0 heterocycles. The predicted molar refractivity (Wildman–Crippen MR) is 81.4 cm³/mol. The fourth-order valence-electron chi connectivity index (χ4n) is 2.68. The minimum atomic E-state index is 0.670. The Bertz CT molecular complexity index is 392. The topological polar surface area (TPSA) is 38.0 Å². The predicted octanol–water partition coefficient (Wildman–Crippen LogP) is 4.09. The van der Waals surface area contributed by atoms with Crippen LogP contribution < -0.4 is 11.1 Å². The average Bonchev–Trinajstić information content (AvgIpc) is 2.55. The van der Waals surface area contributed by atoms with Crippen molar-refractivity contribution in [2.45, 2.75) is 51.6 Å². The molecule has 3 N–H and O–H groups in total. The molecular formula is C15H23BrN2. The van der Waals surface area contributed by atoms with Gasteiger partial charge in [0, 0.05) is 22.7 Å². The Kier molecular flexibility index (Phi) is 5.07. The lowest BCUT2D eigenvalue weighted by Crippen LogP contribution is -2.28. The van der Waals surface area contributed by atoms with Crippen molar-refractivity contribution in [3.63, 3.8) is 0 Å². The fourth-order valence-corrected chi connectivity index (χ4v) is 3.06. The van der Waals surface area contributed by atoms with Crippen molar-refractivity contribution in [2.24, 2.45) is 5.92 Å². The van der Waals surface area contributed by atoms with E-state index in [0.29, 0.717) is 6.04 Å². The summed E-state index contributed by atoms with van der Waals surface area (Å²) in [5, 5.41) is 3.68. The second-order valence-electron chi connectivity index (χ2n) is 5.54. The van der Waals surface area contributed by atoms with Gasteiger partial charge in [-0.1, -0.05) is 35.7 Å². The second-order valence-corrected chi connectivity index (χ2v) is 6.40. The van der Waals surface area contributed by atoms with Gasteiger partial charge in [0.05, 0.1) is 0 Å². The normalized spacial score (nSPS) is 24.8. The lowest BCUT2D eigenvalue weighted by atomic mass is 10.0. The van der Waals surface area contributed by atoms with Crippen molar-refractivity contribution in [3.8, 4) is 0 Å². The zero-order valence-electron chi connectivity index (χ0n) is 11.1. The second kappa shape index (κ2) is 6.58. The molecule has 1 saturated carbocycles. The molecular weight excluding hydrogens is 288 g/mol. The van der Waals surface area contributed by atoms with Crippen LogP contribution in [0.1, 0.15) is 44.6 Å². The van der Waals surface area contributed by atoms with Gasteiger partial charge in [0.2, 0.25) is 0 Å². The molecule has 2 atom stereocenters. The largest absolute Gasteiger partial charge is 0.399 e. The summed E-state index contributed by atoms with van der Waals surface area (Å²) in [7, 11) is 0. The number of halogens is 1. The Balaban J connectivity index is 1.88. The first-order chi connectivity index (χ1) is 8.65. The highest BCUT2D eigenvalue weighted by Crippen LogP contribution is 2.24. The number of anilines is 1. The van der Waals surface area contributed by atoms with Crippen LogP contribution in [0.15, 0.2) is 22.7 Å². The quantitative estimate of drug-likeness (QED) is 0.652. The van der Waals surface area contributed by atoms with E-state index >= 15 is 0 Å². The first kappa shape index (κ1) is 13.9. The summed E-state index contributed by atoms with van der Waals surface area (Å²) in [6, 6.07) is 6.68. The van der Waals surface area contributed by atoms with Gasteiger partial charge in [0.1, 0.15) is 0 Å². The first-order valence-corrected chi connectivity index (χ1v) is 7.71. The number of nitrogens with two attached hydrogens (primary N) is 1. The SMILES string of the molecule is CC1CCCC(NCc2cc(N)ccc2Br)CC1. The molecule has 0 amide bonds. The highest BCUT2D eigenvalue weighted by Gasteiger charge is 2.15. The fraction of sp³-hybridized carbons (Fsp3) is 0.600. The maximum Gasteiger partial charge on any atom is 0.0318 e. The van der Waals surface area contributed by atoms with Crippen LogP contribution in [0, 0.1) is 5.92 Å². The van der Waals surface area contributed by atoms with E-state index in [0.717, 1.165) is 22.6 Å². The maximum absolute atomic E-state index is 5.83. The smallest absolute Gasteiger partial charge is 0.0318 e. The molecule has 0 saturated heterocycles. The minimum absolute atomic E-state index is 0.670. The molecule has 1 aliphatic carbocycles. The summed E-state index contributed by atoms with van der Waals surface area (Å²) in [5.41, 5.74) is 7.93. The Morgan fingerprint density at radius 3 is 2.94 bits per heavy atom. The molecule has 1 aliphatic rings. The highest BCUT2D eigenvalue weighted by atomic mass is 79.9.